The predicted molar refractivity (Wildman–Crippen MR) is 35.8 cm³/mol. The maximum atomic E-state index is 10.3. The first-order valence-corrected chi connectivity index (χ1v) is 3.10. The Labute approximate surface area is 58.9 Å². The average molecular weight is 139 g/mol. The molecule has 0 spiro atoms. The van der Waals surface area contributed by atoms with Crippen molar-refractivity contribution in [1.82, 2.24) is 14.8 Å². The number of hydrogen-bond acceptors (Lipinski definition) is 3. The second-order valence-electron chi connectivity index (χ2n) is 2.27. The van der Waals surface area contributed by atoms with Gasteiger partial charge in [0.1, 0.15) is 6.33 Å². The molecule has 4 heteroatoms. The highest BCUT2D eigenvalue weighted by Crippen LogP contribution is 2.01. The number of aldehydes is 1. The summed E-state index contributed by atoms with van der Waals surface area (Å²) in [7, 11) is 0. The van der Waals surface area contributed by atoms with Gasteiger partial charge in [0.25, 0.3) is 0 Å². The van der Waals surface area contributed by atoms with E-state index in [1.807, 2.05) is 13.8 Å². The number of aromatic nitrogens is 3. The van der Waals surface area contributed by atoms with Gasteiger partial charge >= 0.3 is 0 Å². The van der Waals surface area contributed by atoms with Gasteiger partial charge in [0.05, 0.1) is 0 Å². The van der Waals surface area contributed by atoms with Crippen LogP contribution in [0.3, 0.4) is 0 Å². The van der Waals surface area contributed by atoms with Gasteiger partial charge in [-0.1, -0.05) is 0 Å². The summed E-state index contributed by atoms with van der Waals surface area (Å²) in [5.41, 5.74) is 0. The summed E-state index contributed by atoms with van der Waals surface area (Å²) in [6.45, 7) is 3.89. The molecule has 0 atom stereocenters. The first kappa shape index (κ1) is 6.92. The Bertz CT molecular complexity index is 229. The van der Waals surface area contributed by atoms with Crippen LogP contribution in [0.5, 0.6) is 0 Å². The molecule has 1 aromatic rings. The molecule has 0 N–H and O–H groups in total. The molecule has 0 aliphatic carbocycles. The molecule has 0 aliphatic heterocycles. The average Bonchev–Trinajstić information content (AvgIpc) is 2.33. The van der Waals surface area contributed by atoms with Crippen LogP contribution in [0.15, 0.2) is 6.33 Å². The molecule has 0 fully saturated rings. The van der Waals surface area contributed by atoms with Gasteiger partial charge in [0.2, 0.25) is 0 Å². The van der Waals surface area contributed by atoms with Crippen molar-refractivity contribution in [3.05, 3.63) is 12.2 Å². The molecule has 0 bridgehead atoms. The number of nitrogens with zero attached hydrogens (tertiary/aromatic N) is 3. The van der Waals surface area contributed by atoms with Crippen molar-refractivity contribution >= 4 is 6.29 Å². The zero-order valence-electron chi connectivity index (χ0n) is 5.98. The van der Waals surface area contributed by atoms with Crippen molar-refractivity contribution in [2.75, 3.05) is 0 Å². The van der Waals surface area contributed by atoms with Crippen molar-refractivity contribution in [2.45, 2.75) is 19.9 Å². The normalized spacial score (nSPS) is 10.3. The van der Waals surface area contributed by atoms with Gasteiger partial charge in [-0.05, 0) is 13.8 Å². The Morgan fingerprint density at radius 1 is 1.70 bits per heavy atom. The van der Waals surface area contributed by atoms with Gasteiger partial charge in [-0.2, -0.15) is 5.10 Å². The monoisotopic (exact) mass is 139 g/mol. The molecule has 1 rings (SSSR count). The molecule has 1 aromatic heterocycles. The molecule has 0 saturated carbocycles. The van der Waals surface area contributed by atoms with Gasteiger partial charge in [-0.15, -0.1) is 0 Å². The van der Waals surface area contributed by atoms with Crippen LogP contribution in [0.1, 0.15) is 30.5 Å². The summed E-state index contributed by atoms with van der Waals surface area (Å²) < 4.78 is 1.58. The number of rotatable bonds is 2. The maximum absolute atomic E-state index is 10.3. The summed E-state index contributed by atoms with van der Waals surface area (Å²) >= 11 is 0. The van der Waals surface area contributed by atoms with E-state index in [9.17, 15) is 4.79 Å². The van der Waals surface area contributed by atoms with Crippen LogP contribution in [-0.2, 0) is 0 Å². The van der Waals surface area contributed by atoms with E-state index in [-0.39, 0.29) is 6.04 Å². The van der Waals surface area contributed by atoms with Crippen LogP contribution >= 0.6 is 0 Å². The van der Waals surface area contributed by atoms with Crippen LogP contribution in [0, 0.1) is 0 Å². The minimum absolute atomic E-state index is 0.197. The van der Waals surface area contributed by atoms with Gasteiger partial charge in [0.15, 0.2) is 12.1 Å². The van der Waals surface area contributed by atoms with E-state index >= 15 is 0 Å². The summed E-state index contributed by atoms with van der Waals surface area (Å²) in [5.74, 6) is 0.384. The van der Waals surface area contributed by atoms with E-state index < -0.39 is 0 Å². The maximum Gasteiger partial charge on any atom is 0.191 e. The summed E-state index contributed by atoms with van der Waals surface area (Å²) in [5, 5.41) is 3.86. The lowest BCUT2D eigenvalue weighted by atomic mass is 10.4. The molecule has 0 unspecified atom stereocenters. The first-order chi connectivity index (χ1) is 4.75. The van der Waals surface area contributed by atoms with E-state index in [0.717, 1.165) is 0 Å². The largest absolute Gasteiger partial charge is 0.294 e. The van der Waals surface area contributed by atoms with Crippen LogP contribution in [0.4, 0.5) is 0 Å². The number of hydrogen-bond donors (Lipinski definition) is 0. The Morgan fingerprint density at radius 3 is 2.80 bits per heavy atom. The predicted octanol–water partition coefficient (Wildman–Crippen LogP) is 0.671. The lowest BCUT2D eigenvalue weighted by molar-refractivity contribution is 0.110. The standard InChI is InChI=1S/C6H9N3O/c1-5(2)9-6(3-10)7-4-8-9/h3-5H,1-2H3. The lowest BCUT2D eigenvalue weighted by Gasteiger charge is -2.03. The lowest BCUT2D eigenvalue weighted by Crippen LogP contribution is -2.06. The van der Waals surface area contributed by atoms with Gasteiger partial charge in [0, 0.05) is 6.04 Å². The highest BCUT2D eigenvalue weighted by Gasteiger charge is 2.04. The van der Waals surface area contributed by atoms with E-state index in [1.54, 1.807) is 4.68 Å². The quantitative estimate of drug-likeness (QED) is 0.566. The highest BCUT2D eigenvalue weighted by molar-refractivity contribution is 5.68. The molecular formula is C6H9N3O. The molecule has 10 heavy (non-hydrogen) atoms. The van der Waals surface area contributed by atoms with Crippen LogP contribution in [0.25, 0.3) is 0 Å². The SMILES string of the molecule is CC(C)n1ncnc1C=O. The van der Waals surface area contributed by atoms with E-state index in [0.29, 0.717) is 12.1 Å². The second kappa shape index (κ2) is 2.60. The van der Waals surface area contributed by atoms with Crippen molar-refractivity contribution < 1.29 is 4.79 Å². The van der Waals surface area contributed by atoms with Crippen LogP contribution < -0.4 is 0 Å². The first-order valence-electron chi connectivity index (χ1n) is 3.10. The minimum atomic E-state index is 0.197. The van der Waals surface area contributed by atoms with Crippen molar-refractivity contribution in [2.24, 2.45) is 0 Å². The Balaban J connectivity index is 3.01. The van der Waals surface area contributed by atoms with E-state index in [1.165, 1.54) is 6.33 Å². The van der Waals surface area contributed by atoms with Crippen molar-refractivity contribution in [3.63, 3.8) is 0 Å². The molecular weight excluding hydrogens is 130 g/mol. The second-order valence-corrected chi connectivity index (χ2v) is 2.27. The zero-order valence-corrected chi connectivity index (χ0v) is 5.98. The fraction of sp³-hybridized carbons (Fsp3) is 0.500. The van der Waals surface area contributed by atoms with Gasteiger partial charge in [-0.3, -0.25) is 4.79 Å². The molecule has 0 saturated heterocycles. The smallest absolute Gasteiger partial charge is 0.191 e. The van der Waals surface area contributed by atoms with Crippen LogP contribution in [0.2, 0.25) is 0 Å². The third-order valence-electron chi connectivity index (χ3n) is 1.20. The van der Waals surface area contributed by atoms with Crippen molar-refractivity contribution in [1.29, 1.82) is 0 Å². The molecule has 1 heterocycles. The van der Waals surface area contributed by atoms with E-state index in [4.69, 9.17) is 0 Å². The number of carbonyl (C=O) groups excluding carboxylic acids is 1. The summed E-state index contributed by atoms with van der Waals surface area (Å²) in [6, 6.07) is 0.197. The zero-order chi connectivity index (χ0) is 7.56. The topological polar surface area (TPSA) is 47.8 Å². The summed E-state index contributed by atoms with van der Waals surface area (Å²) in [6.07, 6.45) is 2.08. The highest BCUT2D eigenvalue weighted by atomic mass is 16.1. The molecule has 54 valence electrons. The van der Waals surface area contributed by atoms with E-state index in [2.05, 4.69) is 10.1 Å². The molecule has 0 amide bonds. The molecule has 0 aromatic carbocycles. The Kier molecular flexibility index (Phi) is 1.80. The third kappa shape index (κ3) is 1.05. The number of carbonyl (C=O) groups is 1. The molecule has 4 nitrogen and oxygen atoms in total. The van der Waals surface area contributed by atoms with Crippen LogP contribution in [-0.4, -0.2) is 21.1 Å². The van der Waals surface area contributed by atoms with Crippen molar-refractivity contribution in [3.8, 4) is 0 Å². The molecule has 0 radical (unpaired) electrons. The molecule has 0 aliphatic rings. The minimum Gasteiger partial charge on any atom is -0.294 e. The Morgan fingerprint density at radius 2 is 2.40 bits per heavy atom. The fourth-order valence-electron chi connectivity index (χ4n) is 0.741. The fourth-order valence-corrected chi connectivity index (χ4v) is 0.741. The Hall–Kier alpha value is -1.19. The van der Waals surface area contributed by atoms with Gasteiger partial charge in [-0.25, -0.2) is 9.67 Å². The van der Waals surface area contributed by atoms with Gasteiger partial charge < -0.3 is 0 Å². The third-order valence-corrected chi connectivity index (χ3v) is 1.20. The summed E-state index contributed by atoms with van der Waals surface area (Å²) in [4.78, 5) is 14.0.